The third-order valence-electron chi connectivity index (χ3n) is 3.33. The molecule has 0 fully saturated rings. The Balaban J connectivity index is 2.00. The summed E-state index contributed by atoms with van der Waals surface area (Å²) in [7, 11) is -3.86. The van der Waals surface area contributed by atoms with Crippen LogP contribution in [0.3, 0.4) is 0 Å². The molecule has 0 bridgehead atoms. The smallest absolute Gasteiger partial charge is 0.338 e. The summed E-state index contributed by atoms with van der Waals surface area (Å²) in [4.78, 5) is 22.6. The Morgan fingerprint density at radius 3 is 2.20 bits per heavy atom. The number of esters is 1. The second-order valence-electron chi connectivity index (χ2n) is 5.38. The van der Waals surface area contributed by atoms with Crippen molar-refractivity contribution >= 4 is 21.9 Å². The first kappa shape index (κ1) is 18.6. The Bertz CT molecular complexity index is 859. The largest absolute Gasteiger partial charge is 0.457 e. The van der Waals surface area contributed by atoms with Crippen LogP contribution < -0.4 is 10.5 Å². The van der Waals surface area contributed by atoms with Crippen LogP contribution in [0.1, 0.15) is 21.5 Å². The third-order valence-corrected chi connectivity index (χ3v) is 4.74. The van der Waals surface area contributed by atoms with Crippen LogP contribution in [0.5, 0.6) is 0 Å². The maximum atomic E-state index is 12.0. The number of hydrogen-bond donors (Lipinski definition) is 2. The zero-order valence-corrected chi connectivity index (χ0v) is 14.4. The zero-order chi connectivity index (χ0) is 18.4. The monoisotopic (exact) mass is 362 g/mol. The maximum Gasteiger partial charge on any atom is 0.338 e. The van der Waals surface area contributed by atoms with Gasteiger partial charge in [0.25, 0.3) is 0 Å². The van der Waals surface area contributed by atoms with Gasteiger partial charge in [0.2, 0.25) is 15.9 Å². The normalized spacial score (nSPS) is 11.1. The predicted molar refractivity (Wildman–Crippen MR) is 91.1 cm³/mol. The number of sulfonamides is 1. The van der Waals surface area contributed by atoms with Gasteiger partial charge < -0.3 is 10.5 Å². The molecule has 3 N–H and O–H groups in total. The Morgan fingerprint density at radius 2 is 1.64 bits per heavy atom. The highest BCUT2D eigenvalue weighted by Crippen LogP contribution is 2.12. The number of carbonyl (C=O) groups is 2. The van der Waals surface area contributed by atoms with Crippen molar-refractivity contribution in [1.82, 2.24) is 4.72 Å². The molecule has 7 nitrogen and oxygen atoms in total. The molecule has 0 aliphatic carbocycles. The second-order valence-corrected chi connectivity index (χ2v) is 7.14. The number of nitrogens with two attached hydrogens (primary N) is 1. The summed E-state index contributed by atoms with van der Waals surface area (Å²) in [5.74, 6) is -1.35. The van der Waals surface area contributed by atoms with Gasteiger partial charge in [-0.3, -0.25) is 4.79 Å². The molecule has 0 aromatic heterocycles. The van der Waals surface area contributed by atoms with Gasteiger partial charge in [0.15, 0.2) is 0 Å². The van der Waals surface area contributed by atoms with Crippen molar-refractivity contribution in [3.8, 4) is 0 Å². The molecule has 0 aliphatic heterocycles. The first-order valence-electron chi connectivity index (χ1n) is 7.38. The minimum Gasteiger partial charge on any atom is -0.457 e. The number of amides is 1. The Kier molecular flexibility index (Phi) is 5.89. The number of primary amides is 1. The molecule has 0 saturated heterocycles. The molecule has 132 valence electrons. The van der Waals surface area contributed by atoms with Crippen LogP contribution in [0.25, 0.3) is 0 Å². The average molecular weight is 362 g/mol. The molecule has 0 saturated carbocycles. The Hall–Kier alpha value is -2.71. The zero-order valence-electron chi connectivity index (χ0n) is 13.6. The van der Waals surface area contributed by atoms with Crippen LogP contribution in [-0.2, 0) is 26.2 Å². The molecule has 0 unspecified atom stereocenters. The number of carbonyl (C=O) groups excluding carboxylic acids is 2. The molecule has 0 spiro atoms. The van der Waals surface area contributed by atoms with E-state index in [1.54, 1.807) is 0 Å². The van der Waals surface area contributed by atoms with Gasteiger partial charge in [-0.25, -0.2) is 17.9 Å². The molecule has 8 heteroatoms. The fourth-order valence-electron chi connectivity index (χ4n) is 1.94. The van der Waals surface area contributed by atoms with Gasteiger partial charge in [0, 0.05) is 0 Å². The fraction of sp³-hybridized carbons (Fsp3) is 0.176. The third kappa shape index (κ3) is 5.40. The first-order valence-corrected chi connectivity index (χ1v) is 8.87. The molecule has 0 atom stereocenters. The minimum absolute atomic E-state index is 0.0798. The number of aryl methyl sites for hydroxylation is 1. The van der Waals surface area contributed by atoms with Crippen molar-refractivity contribution in [3.63, 3.8) is 0 Å². The van der Waals surface area contributed by atoms with Gasteiger partial charge in [0.1, 0.15) is 6.61 Å². The highest BCUT2D eigenvalue weighted by Gasteiger charge is 2.16. The molecule has 0 radical (unpaired) electrons. The average Bonchev–Trinajstić information content (AvgIpc) is 2.59. The molecule has 2 rings (SSSR count). The van der Waals surface area contributed by atoms with Crippen molar-refractivity contribution in [2.75, 3.05) is 6.54 Å². The number of hydrogen-bond acceptors (Lipinski definition) is 5. The molecule has 2 aromatic rings. The van der Waals surface area contributed by atoms with E-state index in [0.717, 1.165) is 11.1 Å². The lowest BCUT2D eigenvalue weighted by Crippen LogP contribution is -2.33. The maximum absolute atomic E-state index is 12.0. The van der Waals surface area contributed by atoms with E-state index >= 15 is 0 Å². The van der Waals surface area contributed by atoms with Crippen LogP contribution in [0.4, 0.5) is 0 Å². The van der Waals surface area contributed by atoms with E-state index < -0.39 is 28.4 Å². The van der Waals surface area contributed by atoms with E-state index in [4.69, 9.17) is 10.5 Å². The number of benzene rings is 2. The summed E-state index contributed by atoms with van der Waals surface area (Å²) in [6.07, 6.45) is 0. The first-order chi connectivity index (χ1) is 11.8. The summed E-state index contributed by atoms with van der Waals surface area (Å²) in [6, 6.07) is 12.8. The van der Waals surface area contributed by atoms with Gasteiger partial charge in [-0.05, 0) is 36.8 Å². The lowest BCUT2D eigenvalue weighted by atomic mass is 10.2. The summed E-state index contributed by atoms with van der Waals surface area (Å²) in [5, 5.41) is 0. The van der Waals surface area contributed by atoms with Gasteiger partial charge in [0.05, 0.1) is 17.0 Å². The highest BCUT2D eigenvalue weighted by molar-refractivity contribution is 7.89. The molecule has 1 amide bonds. The Labute approximate surface area is 145 Å². The summed E-state index contributed by atoms with van der Waals surface area (Å²) in [6.45, 7) is 1.59. The van der Waals surface area contributed by atoms with Gasteiger partial charge in [-0.1, -0.05) is 29.8 Å². The Morgan fingerprint density at radius 1 is 1.04 bits per heavy atom. The van der Waals surface area contributed by atoms with Crippen molar-refractivity contribution in [3.05, 3.63) is 65.2 Å². The van der Waals surface area contributed by atoms with Crippen molar-refractivity contribution in [1.29, 1.82) is 0 Å². The topological polar surface area (TPSA) is 116 Å². The van der Waals surface area contributed by atoms with E-state index in [9.17, 15) is 18.0 Å². The van der Waals surface area contributed by atoms with Crippen LogP contribution >= 0.6 is 0 Å². The summed E-state index contributed by atoms with van der Waals surface area (Å²) < 4.78 is 31.1. The van der Waals surface area contributed by atoms with Crippen molar-refractivity contribution in [2.24, 2.45) is 5.73 Å². The van der Waals surface area contributed by atoms with Crippen LogP contribution in [0.2, 0.25) is 0 Å². The van der Waals surface area contributed by atoms with Crippen molar-refractivity contribution in [2.45, 2.75) is 18.4 Å². The number of ether oxygens (including phenoxy) is 1. The van der Waals surface area contributed by atoms with Crippen molar-refractivity contribution < 1.29 is 22.7 Å². The fourth-order valence-corrected chi connectivity index (χ4v) is 2.93. The summed E-state index contributed by atoms with van der Waals surface area (Å²) in [5.41, 5.74) is 7.09. The molecule has 0 heterocycles. The molecule has 0 aliphatic rings. The van der Waals surface area contributed by atoms with E-state index in [2.05, 4.69) is 4.72 Å². The number of nitrogens with one attached hydrogen (secondary N) is 1. The van der Waals surface area contributed by atoms with E-state index in [1.165, 1.54) is 24.3 Å². The minimum atomic E-state index is -3.86. The second kappa shape index (κ2) is 7.91. The number of rotatable bonds is 7. The van der Waals surface area contributed by atoms with E-state index in [-0.39, 0.29) is 17.1 Å². The van der Waals surface area contributed by atoms with Crippen LogP contribution in [0.15, 0.2) is 53.4 Å². The SMILES string of the molecule is Cc1ccc(COC(=O)c2ccc(S(=O)(=O)NCC(N)=O)cc2)cc1. The van der Waals surface area contributed by atoms with E-state index in [1.807, 2.05) is 31.2 Å². The van der Waals surface area contributed by atoms with Gasteiger partial charge in [-0.2, -0.15) is 0 Å². The lowest BCUT2D eigenvalue weighted by molar-refractivity contribution is -0.116. The van der Waals surface area contributed by atoms with Crippen LogP contribution in [0, 0.1) is 6.92 Å². The van der Waals surface area contributed by atoms with Gasteiger partial charge >= 0.3 is 5.97 Å². The van der Waals surface area contributed by atoms with E-state index in [0.29, 0.717) is 0 Å². The lowest BCUT2D eigenvalue weighted by Gasteiger charge is -2.07. The van der Waals surface area contributed by atoms with Crippen LogP contribution in [-0.4, -0.2) is 26.8 Å². The molecule has 2 aromatic carbocycles. The quantitative estimate of drug-likeness (QED) is 0.716. The van der Waals surface area contributed by atoms with Gasteiger partial charge in [-0.15, -0.1) is 0 Å². The predicted octanol–water partition coefficient (Wildman–Crippen LogP) is 1.12. The summed E-state index contributed by atoms with van der Waals surface area (Å²) >= 11 is 0. The molecular formula is C17H18N2O5S. The molecule has 25 heavy (non-hydrogen) atoms. The standard InChI is InChI=1S/C17H18N2O5S/c1-12-2-4-13(5-3-12)11-24-17(21)14-6-8-15(9-7-14)25(22,23)19-10-16(18)20/h2-9,19H,10-11H2,1H3,(H2,18,20). The molecular weight excluding hydrogens is 344 g/mol. The highest BCUT2D eigenvalue weighted by atomic mass is 32.2.